The molecule has 0 aromatic carbocycles. The molecule has 0 amide bonds. The lowest BCUT2D eigenvalue weighted by atomic mass is 10.2. The minimum atomic E-state index is 0.240. The molecule has 16 heavy (non-hydrogen) atoms. The average molecular weight is 240 g/mol. The summed E-state index contributed by atoms with van der Waals surface area (Å²) >= 11 is 6.22. The number of alkyl halides is 1. The summed E-state index contributed by atoms with van der Waals surface area (Å²) in [5, 5.41) is 3.52. The third-order valence-electron chi connectivity index (χ3n) is 2.84. The van der Waals surface area contributed by atoms with Gasteiger partial charge in [-0.25, -0.2) is 9.97 Å². The van der Waals surface area contributed by atoms with E-state index in [4.69, 9.17) is 11.6 Å². The monoisotopic (exact) mass is 239 g/mol. The van der Waals surface area contributed by atoms with Crippen LogP contribution in [0.25, 0.3) is 0 Å². The number of rotatable bonds is 6. The molecule has 1 atom stereocenters. The van der Waals surface area contributed by atoms with Crippen molar-refractivity contribution in [3.05, 3.63) is 18.1 Å². The maximum absolute atomic E-state index is 6.22. The Labute approximate surface area is 102 Å². The first kappa shape index (κ1) is 11.6. The number of nitrogens with one attached hydrogen (secondary N) is 1. The molecule has 1 aliphatic rings. The van der Waals surface area contributed by atoms with E-state index in [1.807, 2.05) is 6.07 Å². The summed E-state index contributed by atoms with van der Waals surface area (Å²) in [4.78, 5) is 8.41. The maximum atomic E-state index is 6.22. The summed E-state index contributed by atoms with van der Waals surface area (Å²) in [6.45, 7) is 2.95. The Kier molecular flexibility index (Phi) is 3.99. The number of hydrogen-bond donors (Lipinski definition) is 1. The van der Waals surface area contributed by atoms with Gasteiger partial charge in [0.2, 0.25) is 0 Å². The largest absolute Gasteiger partial charge is 0.368 e. The Bertz CT molecular complexity index is 339. The van der Waals surface area contributed by atoms with Crippen molar-refractivity contribution < 1.29 is 0 Å². The molecular weight excluding hydrogens is 222 g/mol. The van der Waals surface area contributed by atoms with Crippen molar-refractivity contribution in [3.63, 3.8) is 0 Å². The van der Waals surface area contributed by atoms with Crippen molar-refractivity contribution in [2.45, 2.75) is 38.0 Å². The molecule has 2 rings (SSSR count). The molecule has 1 heterocycles. The van der Waals surface area contributed by atoms with Crippen LogP contribution >= 0.6 is 11.6 Å². The zero-order chi connectivity index (χ0) is 11.4. The van der Waals surface area contributed by atoms with Gasteiger partial charge in [0.1, 0.15) is 12.1 Å². The zero-order valence-electron chi connectivity index (χ0n) is 9.62. The maximum Gasteiger partial charge on any atom is 0.129 e. The van der Waals surface area contributed by atoms with Crippen LogP contribution in [0.1, 0.15) is 31.9 Å². The second-order valence-corrected chi connectivity index (χ2v) is 4.94. The van der Waals surface area contributed by atoms with E-state index in [0.717, 1.165) is 30.9 Å². The third-order valence-corrected chi connectivity index (χ3v) is 3.35. The number of halogens is 1. The first-order valence-electron chi connectivity index (χ1n) is 5.98. The fourth-order valence-electron chi connectivity index (χ4n) is 1.71. The summed E-state index contributed by atoms with van der Waals surface area (Å²) in [5.74, 6) is 1.61. The molecule has 1 saturated carbocycles. The SMILES string of the molecule is CCCc1cc(NCC(Cl)C2CC2)ncn1. The van der Waals surface area contributed by atoms with E-state index in [1.165, 1.54) is 12.8 Å². The molecule has 0 bridgehead atoms. The van der Waals surface area contributed by atoms with E-state index >= 15 is 0 Å². The van der Waals surface area contributed by atoms with E-state index < -0.39 is 0 Å². The molecule has 0 radical (unpaired) electrons. The molecule has 0 aliphatic heterocycles. The Morgan fingerprint density at radius 2 is 2.31 bits per heavy atom. The topological polar surface area (TPSA) is 37.8 Å². The fraction of sp³-hybridized carbons (Fsp3) is 0.667. The molecule has 1 aliphatic carbocycles. The minimum Gasteiger partial charge on any atom is -0.368 e. The van der Waals surface area contributed by atoms with Crippen molar-refractivity contribution in [1.82, 2.24) is 9.97 Å². The fourth-order valence-corrected chi connectivity index (χ4v) is 2.04. The molecule has 0 saturated heterocycles. The number of nitrogens with zero attached hydrogens (tertiary/aromatic N) is 2. The lowest BCUT2D eigenvalue weighted by molar-refractivity contribution is 0.767. The third kappa shape index (κ3) is 3.34. The summed E-state index contributed by atoms with van der Waals surface area (Å²) in [6.07, 6.45) is 6.29. The van der Waals surface area contributed by atoms with E-state index in [2.05, 4.69) is 22.2 Å². The van der Waals surface area contributed by atoms with Gasteiger partial charge in [0.05, 0.1) is 5.38 Å². The van der Waals surface area contributed by atoms with Gasteiger partial charge in [-0.1, -0.05) is 13.3 Å². The standard InChI is InChI=1S/C12H18ClN3/c1-2-3-10-6-12(16-8-15-10)14-7-11(13)9-4-5-9/h6,8-9,11H,2-5,7H2,1H3,(H,14,15,16). The molecule has 1 fully saturated rings. The van der Waals surface area contributed by atoms with Crippen LogP contribution in [0, 0.1) is 5.92 Å². The smallest absolute Gasteiger partial charge is 0.129 e. The lowest BCUT2D eigenvalue weighted by Gasteiger charge is -2.10. The van der Waals surface area contributed by atoms with E-state index in [0.29, 0.717) is 5.92 Å². The normalized spacial score (nSPS) is 17.1. The van der Waals surface area contributed by atoms with Crippen molar-refractivity contribution in [2.75, 3.05) is 11.9 Å². The number of aromatic nitrogens is 2. The van der Waals surface area contributed by atoms with Gasteiger partial charge >= 0.3 is 0 Å². The van der Waals surface area contributed by atoms with Crippen LogP contribution in [0.3, 0.4) is 0 Å². The van der Waals surface area contributed by atoms with E-state index in [9.17, 15) is 0 Å². The molecule has 4 heteroatoms. The van der Waals surface area contributed by atoms with E-state index in [1.54, 1.807) is 6.33 Å². The molecule has 88 valence electrons. The summed E-state index contributed by atoms with van der Waals surface area (Å²) in [6, 6.07) is 2.01. The summed E-state index contributed by atoms with van der Waals surface area (Å²) < 4.78 is 0. The minimum absolute atomic E-state index is 0.240. The summed E-state index contributed by atoms with van der Waals surface area (Å²) in [7, 11) is 0. The van der Waals surface area contributed by atoms with Gasteiger partial charge in [-0.3, -0.25) is 0 Å². The molecular formula is C12H18ClN3. The van der Waals surface area contributed by atoms with Gasteiger partial charge in [0.25, 0.3) is 0 Å². The van der Waals surface area contributed by atoms with Crippen LogP contribution < -0.4 is 5.32 Å². The highest BCUT2D eigenvalue weighted by Crippen LogP contribution is 2.35. The molecule has 1 aromatic heterocycles. The van der Waals surface area contributed by atoms with Crippen LogP contribution in [0.5, 0.6) is 0 Å². The molecule has 1 N–H and O–H groups in total. The zero-order valence-corrected chi connectivity index (χ0v) is 10.4. The average Bonchev–Trinajstić information content (AvgIpc) is 3.11. The Hall–Kier alpha value is -0.830. The van der Waals surface area contributed by atoms with Crippen molar-refractivity contribution in [2.24, 2.45) is 5.92 Å². The van der Waals surface area contributed by atoms with Gasteiger partial charge in [-0.2, -0.15) is 0 Å². The summed E-state index contributed by atoms with van der Waals surface area (Å²) in [5.41, 5.74) is 1.09. The van der Waals surface area contributed by atoms with Crippen LogP contribution in [-0.4, -0.2) is 21.9 Å². The van der Waals surface area contributed by atoms with Crippen molar-refractivity contribution in [1.29, 1.82) is 0 Å². The molecule has 1 unspecified atom stereocenters. The van der Waals surface area contributed by atoms with Crippen molar-refractivity contribution in [3.8, 4) is 0 Å². The molecule has 0 spiro atoms. The Balaban J connectivity index is 1.85. The van der Waals surface area contributed by atoms with Crippen molar-refractivity contribution >= 4 is 17.4 Å². The van der Waals surface area contributed by atoms with Crippen LogP contribution in [0.2, 0.25) is 0 Å². The van der Waals surface area contributed by atoms with Crippen LogP contribution in [0.4, 0.5) is 5.82 Å². The predicted molar refractivity (Wildman–Crippen MR) is 66.9 cm³/mol. The van der Waals surface area contributed by atoms with E-state index in [-0.39, 0.29) is 5.38 Å². The second-order valence-electron chi connectivity index (χ2n) is 4.38. The number of anilines is 1. The number of hydrogen-bond acceptors (Lipinski definition) is 3. The van der Waals surface area contributed by atoms with Crippen LogP contribution in [0.15, 0.2) is 12.4 Å². The Morgan fingerprint density at radius 3 is 3.00 bits per heavy atom. The highest BCUT2D eigenvalue weighted by atomic mass is 35.5. The van der Waals surface area contributed by atoms with Gasteiger partial charge in [0.15, 0.2) is 0 Å². The second kappa shape index (κ2) is 5.48. The van der Waals surface area contributed by atoms with Gasteiger partial charge in [0, 0.05) is 18.3 Å². The highest BCUT2D eigenvalue weighted by Gasteiger charge is 2.29. The number of aryl methyl sites for hydroxylation is 1. The van der Waals surface area contributed by atoms with Crippen LogP contribution in [-0.2, 0) is 6.42 Å². The lowest BCUT2D eigenvalue weighted by Crippen LogP contribution is -2.16. The quantitative estimate of drug-likeness (QED) is 0.776. The Morgan fingerprint density at radius 1 is 1.50 bits per heavy atom. The highest BCUT2D eigenvalue weighted by molar-refractivity contribution is 6.21. The first-order valence-corrected chi connectivity index (χ1v) is 6.42. The predicted octanol–water partition coefficient (Wildman–Crippen LogP) is 2.86. The molecule has 3 nitrogen and oxygen atoms in total. The van der Waals surface area contributed by atoms with Gasteiger partial charge in [-0.05, 0) is 25.2 Å². The molecule has 1 aromatic rings. The first-order chi connectivity index (χ1) is 7.79. The van der Waals surface area contributed by atoms with Gasteiger partial charge < -0.3 is 5.32 Å². The van der Waals surface area contributed by atoms with Gasteiger partial charge in [-0.15, -0.1) is 11.6 Å².